The lowest BCUT2D eigenvalue weighted by atomic mass is 10.0. The summed E-state index contributed by atoms with van der Waals surface area (Å²) in [7, 11) is 0. The number of aliphatic hydroxyl groups is 2. The summed E-state index contributed by atoms with van der Waals surface area (Å²) >= 11 is 0. The number of amides is 1. The van der Waals surface area contributed by atoms with Crippen LogP contribution in [0.2, 0.25) is 0 Å². The van der Waals surface area contributed by atoms with E-state index in [2.05, 4.69) is 19.2 Å². The van der Waals surface area contributed by atoms with Crippen molar-refractivity contribution in [2.24, 2.45) is 0 Å². The first kappa shape index (κ1) is 30.4. The third-order valence-electron chi connectivity index (χ3n) is 6.37. The minimum Gasteiger partial charge on any atom is -0.394 e. The summed E-state index contributed by atoms with van der Waals surface area (Å²) in [6, 6.07) is -0.523. The van der Waals surface area contributed by atoms with Crippen LogP contribution in [0.3, 0.4) is 0 Å². The fourth-order valence-electron chi connectivity index (χ4n) is 4.18. The summed E-state index contributed by atoms with van der Waals surface area (Å²) in [4.78, 5) is 12.1. The van der Waals surface area contributed by atoms with Crippen LogP contribution in [-0.4, -0.2) is 34.9 Å². The molecule has 0 aliphatic rings. The van der Waals surface area contributed by atoms with E-state index in [1.165, 1.54) is 96.3 Å². The van der Waals surface area contributed by atoms with Crippen molar-refractivity contribution in [3.63, 3.8) is 0 Å². The molecule has 0 aliphatic carbocycles. The molecule has 0 aromatic carbocycles. The summed E-state index contributed by atoms with van der Waals surface area (Å²) in [6.07, 6.45) is 24.5. The van der Waals surface area contributed by atoms with Gasteiger partial charge in [-0.25, -0.2) is 0 Å². The normalized spacial score (nSPS) is 13.3. The number of hydrogen-bond donors (Lipinski definition) is 3. The van der Waals surface area contributed by atoms with Crippen LogP contribution in [0.25, 0.3) is 0 Å². The Balaban J connectivity index is 3.52. The van der Waals surface area contributed by atoms with E-state index in [1.807, 2.05) is 0 Å². The van der Waals surface area contributed by atoms with E-state index in [-0.39, 0.29) is 12.5 Å². The maximum absolute atomic E-state index is 12.1. The number of nitrogens with one attached hydrogen (secondary N) is 1. The Bertz CT molecular complexity index is 375. The summed E-state index contributed by atoms with van der Waals surface area (Å²) < 4.78 is 0. The van der Waals surface area contributed by atoms with Crippen LogP contribution in [0.5, 0.6) is 0 Å². The van der Waals surface area contributed by atoms with Gasteiger partial charge in [-0.2, -0.15) is 0 Å². The Kier molecular flexibility index (Phi) is 23.6. The van der Waals surface area contributed by atoms with E-state index in [0.29, 0.717) is 12.8 Å². The Labute approximate surface area is 194 Å². The van der Waals surface area contributed by atoms with Gasteiger partial charge < -0.3 is 15.5 Å². The Morgan fingerprint density at radius 3 is 1.45 bits per heavy atom. The third-order valence-corrected chi connectivity index (χ3v) is 6.37. The Hall–Kier alpha value is -0.610. The average molecular weight is 442 g/mol. The first-order chi connectivity index (χ1) is 15.2. The first-order valence-corrected chi connectivity index (χ1v) is 13.7. The molecule has 0 aromatic rings. The third kappa shape index (κ3) is 21.0. The molecule has 0 aromatic heterocycles. The van der Waals surface area contributed by atoms with Crippen LogP contribution >= 0.6 is 0 Å². The highest BCUT2D eigenvalue weighted by Gasteiger charge is 2.19. The van der Waals surface area contributed by atoms with Crippen LogP contribution < -0.4 is 5.32 Å². The zero-order chi connectivity index (χ0) is 23.0. The zero-order valence-electron chi connectivity index (χ0n) is 21.0. The lowest BCUT2D eigenvalue weighted by Crippen LogP contribution is -2.45. The molecule has 2 unspecified atom stereocenters. The minimum atomic E-state index is -0.646. The van der Waals surface area contributed by atoms with Crippen molar-refractivity contribution in [2.45, 2.75) is 161 Å². The quantitative estimate of drug-likeness (QED) is 0.140. The smallest absolute Gasteiger partial charge is 0.220 e. The Morgan fingerprint density at radius 1 is 0.645 bits per heavy atom. The lowest BCUT2D eigenvalue weighted by Gasteiger charge is -2.22. The monoisotopic (exact) mass is 441 g/mol. The average Bonchev–Trinajstić information content (AvgIpc) is 2.77. The van der Waals surface area contributed by atoms with Crippen molar-refractivity contribution >= 4 is 5.91 Å². The van der Waals surface area contributed by atoms with Gasteiger partial charge in [0.15, 0.2) is 0 Å². The van der Waals surface area contributed by atoms with Gasteiger partial charge in [-0.05, 0) is 12.8 Å². The molecule has 0 radical (unpaired) electrons. The molecule has 0 saturated heterocycles. The molecule has 0 heterocycles. The zero-order valence-corrected chi connectivity index (χ0v) is 21.0. The molecule has 4 nitrogen and oxygen atoms in total. The predicted molar refractivity (Wildman–Crippen MR) is 133 cm³/mol. The van der Waals surface area contributed by atoms with Gasteiger partial charge >= 0.3 is 0 Å². The lowest BCUT2D eigenvalue weighted by molar-refractivity contribution is -0.123. The van der Waals surface area contributed by atoms with Crippen LogP contribution in [0.15, 0.2) is 0 Å². The second-order valence-electron chi connectivity index (χ2n) is 9.47. The molecule has 0 saturated carbocycles. The number of rotatable bonds is 24. The van der Waals surface area contributed by atoms with Gasteiger partial charge in [-0.1, -0.05) is 129 Å². The highest BCUT2D eigenvalue weighted by atomic mass is 16.3. The summed E-state index contributed by atoms with van der Waals surface area (Å²) in [5.41, 5.74) is 0. The van der Waals surface area contributed by atoms with E-state index in [4.69, 9.17) is 0 Å². The van der Waals surface area contributed by atoms with Crippen LogP contribution in [0, 0.1) is 0 Å². The van der Waals surface area contributed by atoms with Gasteiger partial charge in [-0.15, -0.1) is 0 Å². The van der Waals surface area contributed by atoms with Gasteiger partial charge in [0, 0.05) is 6.42 Å². The highest BCUT2D eigenvalue weighted by Crippen LogP contribution is 2.14. The number of aliphatic hydroxyl groups excluding tert-OH is 2. The fourth-order valence-corrected chi connectivity index (χ4v) is 4.18. The van der Waals surface area contributed by atoms with E-state index < -0.39 is 12.1 Å². The maximum atomic E-state index is 12.1. The van der Waals surface area contributed by atoms with Gasteiger partial charge in [0.25, 0.3) is 0 Å². The maximum Gasteiger partial charge on any atom is 0.220 e. The molecule has 0 bridgehead atoms. The second kappa shape index (κ2) is 24.0. The van der Waals surface area contributed by atoms with E-state index >= 15 is 0 Å². The van der Waals surface area contributed by atoms with Crippen LogP contribution in [0.4, 0.5) is 0 Å². The van der Waals surface area contributed by atoms with E-state index in [0.717, 1.165) is 25.7 Å². The molecule has 186 valence electrons. The molecule has 0 aliphatic heterocycles. The molecule has 1 amide bonds. The Morgan fingerprint density at radius 2 is 1.03 bits per heavy atom. The minimum absolute atomic E-state index is 0.0389. The van der Waals surface area contributed by atoms with Crippen molar-refractivity contribution in [1.29, 1.82) is 0 Å². The molecule has 0 rings (SSSR count). The SMILES string of the molecule is CCCCCCCCCCCCCCCCC(=O)NC(CO)C(O)CCCCCCC. The number of unbranched alkanes of at least 4 members (excludes halogenated alkanes) is 17. The summed E-state index contributed by atoms with van der Waals surface area (Å²) in [5, 5.41) is 22.6. The second-order valence-corrected chi connectivity index (χ2v) is 9.47. The van der Waals surface area contributed by atoms with Crippen molar-refractivity contribution < 1.29 is 15.0 Å². The topological polar surface area (TPSA) is 69.6 Å². The molecule has 0 spiro atoms. The molecule has 2 atom stereocenters. The van der Waals surface area contributed by atoms with Crippen molar-refractivity contribution in [2.75, 3.05) is 6.61 Å². The van der Waals surface area contributed by atoms with Crippen LogP contribution in [0.1, 0.15) is 149 Å². The summed E-state index contributed by atoms with van der Waals surface area (Å²) in [6.45, 7) is 4.26. The number of carbonyl (C=O) groups excluding carboxylic acids is 1. The standard InChI is InChI=1S/C27H55NO3/c1-3-5-7-9-10-11-12-13-14-15-16-17-19-21-23-27(31)28-25(24-29)26(30)22-20-18-8-6-4-2/h25-26,29-30H,3-24H2,1-2H3,(H,28,31). The first-order valence-electron chi connectivity index (χ1n) is 13.7. The molecule has 4 heteroatoms. The molecule has 31 heavy (non-hydrogen) atoms. The van der Waals surface area contributed by atoms with E-state index in [1.54, 1.807) is 0 Å². The molecular weight excluding hydrogens is 386 g/mol. The highest BCUT2D eigenvalue weighted by molar-refractivity contribution is 5.76. The summed E-state index contributed by atoms with van der Waals surface area (Å²) in [5.74, 6) is -0.0389. The van der Waals surface area contributed by atoms with Crippen molar-refractivity contribution in [1.82, 2.24) is 5.32 Å². The number of hydrogen-bond acceptors (Lipinski definition) is 3. The predicted octanol–water partition coefficient (Wildman–Crippen LogP) is 7.06. The molecule has 0 fully saturated rings. The number of carbonyl (C=O) groups is 1. The van der Waals surface area contributed by atoms with E-state index in [9.17, 15) is 15.0 Å². The molecular formula is C27H55NO3. The van der Waals surface area contributed by atoms with Gasteiger partial charge in [0.2, 0.25) is 5.91 Å². The van der Waals surface area contributed by atoms with Crippen LogP contribution in [-0.2, 0) is 4.79 Å². The van der Waals surface area contributed by atoms with Crippen molar-refractivity contribution in [3.05, 3.63) is 0 Å². The largest absolute Gasteiger partial charge is 0.394 e. The van der Waals surface area contributed by atoms with Crippen molar-refractivity contribution in [3.8, 4) is 0 Å². The van der Waals surface area contributed by atoms with Gasteiger partial charge in [0.1, 0.15) is 0 Å². The fraction of sp³-hybridized carbons (Fsp3) is 0.963. The van der Waals surface area contributed by atoms with Gasteiger partial charge in [0.05, 0.1) is 18.8 Å². The molecule has 3 N–H and O–H groups in total. The van der Waals surface area contributed by atoms with Gasteiger partial charge in [-0.3, -0.25) is 4.79 Å².